The molecule has 0 aliphatic heterocycles. The number of aromatic nitrogens is 2. The molecule has 0 saturated carbocycles. The van der Waals surface area contributed by atoms with Gasteiger partial charge in [-0.05, 0) is 51.9 Å². The highest BCUT2D eigenvalue weighted by Gasteiger charge is 2.37. The molecule has 0 radical (unpaired) electrons. The summed E-state index contributed by atoms with van der Waals surface area (Å²) in [6.45, 7) is 4.74. The van der Waals surface area contributed by atoms with Crippen LogP contribution in [0.1, 0.15) is 25.0 Å². The molecule has 0 spiro atoms. The smallest absolute Gasteiger partial charge is 0.0646 e. The van der Waals surface area contributed by atoms with Crippen LogP contribution in [0.25, 0.3) is 71.0 Å². The zero-order valence-corrected chi connectivity index (χ0v) is 22.1. The molecule has 9 rings (SSSR count). The van der Waals surface area contributed by atoms with E-state index >= 15 is 0 Å². The van der Waals surface area contributed by atoms with Gasteiger partial charge in [0.15, 0.2) is 0 Å². The lowest BCUT2D eigenvalue weighted by Crippen LogP contribution is -2.14. The molecule has 3 heteroatoms. The standard InChI is InChI=1S/C33H21IN2/c1-33(2)22-12-4-3-8-20(22)28-23(33)16-17-25-30(28)21-11-5-10-19-18-9-6-14-26-29(18)31-24(35(25)32(19)21)13-7-15-27(31)36(26)34/h3-17H,1-2H3. The molecule has 0 unspecified atom stereocenters. The van der Waals surface area contributed by atoms with Gasteiger partial charge in [0.05, 0.1) is 50.4 Å². The molecule has 0 fully saturated rings. The van der Waals surface area contributed by atoms with Crippen molar-refractivity contribution in [1.29, 1.82) is 0 Å². The number of rotatable bonds is 0. The molecule has 1 aliphatic carbocycles. The van der Waals surface area contributed by atoms with Crippen molar-refractivity contribution in [2.45, 2.75) is 19.3 Å². The minimum absolute atomic E-state index is 0.0135. The lowest BCUT2D eigenvalue weighted by molar-refractivity contribution is 0.661. The van der Waals surface area contributed by atoms with Gasteiger partial charge < -0.3 is 4.40 Å². The SMILES string of the molecule is CC1(C)c2ccccc2-c2c1ccc1c2c2cccc3c4cccc5c4c4c(cccc4n1c32)n5I. The van der Waals surface area contributed by atoms with E-state index in [1.54, 1.807) is 0 Å². The Kier molecular flexibility index (Phi) is 3.38. The quantitative estimate of drug-likeness (QED) is 0.160. The Morgan fingerprint density at radius 3 is 2.11 bits per heavy atom. The van der Waals surface area contributed by atoms with E-state index in [2.05, 4.69) is 135 Å². The van der Waals surface area contributed by atoms with Crippen molar-refractivity contribution in [3.8, 4) is 11.1 Å². The average molecular weight is 572 g/mol. The predicted molar refractivity (Wildman–Crippen MR) is 161 cm³/mol. The number of hydrogen-bond donors (Lipinski definition) is 0. The summed E-state index contributed by atoms with van der Waals surface area (Å²) in [7, 11) is 0. The molecule has 5 aromatic carbocycles. The second-order valence-electron chi connectivity index (χ2n) is 10.7. The molecule has 3 heterocycles. The van der Waals surface area contributed by atoms with Gasteiger partial charge >= 0.3 is 0 Å². The van der Waals surface area contributed by atoms with E-state index in [1.807, 2.05) is 0 Å². The summed E-state index contributed by atoms with van der Waals surface area (Å²) in [6, 6.07) is 34.2. The normalized spacial score (nSPS) is 14.8. The molecule has 0 saturated heterocycles. The van der Waals surface area contributed by atoms with E-state index in [1.165, 1.54) is 82.2 Å². The molecule has 170 valence electrons. The molecule has 0 bridgehead atoms. The predicted octanol–water partition coefficient (Wildman–Crippen LogP) is 9.45. The highest BCUT2D eigenvalue weighted by Crippen LogP contribution is 2.53. The maximum atomic E-state index is 2.55. The van der Waals surface area contributed by atoms with E-state index in [9.17, 15) is 0 Å². The summed E-state index contributed by atoms with van der Waals surface area (Å²) in [5, 5.41) is 8.05. The van der Waals surface area contributed by atoms with Crippen molar-refractivity contribution < 1.29 is 0 Å². The Morgan fingerprint density at radius 1 is 0.556 bits per heavy atom. The van der Waals surface area contributed by atoms with Gasteiger partial charge in [0.25, 0.3) is 0 Å². The largest absolute Gasteiger partial charge is 0.308 e. The maximum Gasteiger partial charge on any atom is 0.0646 e. The summed E-state index contributed by atoms with van der Waals surface area (Å²) >= 11 is 2.46. The third-order valence-corrected chi connectivity index (χ3v) is 9.80. The molecule has 2 nitrogen and oxygen atoms in total. The van der Waals surface area contributed by atoms with Crippen molar-refractivity contribution in [2.24, 2.45) is 0 Å². The summed E-state index contributed by atoms with van der Waals surface area (Å²) in [5.41, 5.74) is 12.1. The van der Waals surface area contributed by atoms with Gasteiger partial charge in [0, 0.05) is 32.3 Å². The van der Waals surface area contributed by atoms with Gasteiger partial charge in [0.2, 0.25) is 0 Å². The lowest BCUT2D eigenvalue weighted by Gasteiger charge is -2.21. The van der Waals surface area contributed by atoms with Crippen LogP contribution in [-0.2, 0) is 5.41 Å². The lowest BCUT2D eigenvalue weighted by atomic mass is 9.82. The molecule has 36 heavy (non-hydrogen) atoms. The number of hydrogen-bond acceptors (Lipinski definition) is 0. The minimum atomic E-state index is -0.0135. The minimum Gasteiger partial charge on any atom is -0.308 e. The van der Waals surface area contributed by atoms with Crippen LogP contribution < -0.4 is 0 Å². The third kappa shape index (κ3) is 2.01. The molecular weight excluding hydrogens is 551 g/mol. The van der Waals surface area contributed by atoms with Gasteiger partial charge in [-0.1, -0.05) is 80.6 Å². The van der Waals surface area contributed by atoms with E-state index in [0.717, 1.165) is 0 Å². The van der Waals surface area contributed by atoms with Crippen molar-refractivity contribution in [1.82, 2.24) is 7.18 Å². The Labute approximate surface area is 221 Å². The van der Waals surface area contributed by atoms with Crippen LogP contribution in [0.2, 0.25) is 0 Å². The molecule has 0 N–H and O–H groups in total. The number of benzene rings is 5. The van der Waals surface area contributed by atoms with Crippen molar-refractivity contribution >= 4 is 82.8 Å². The summed E-state index contributed by atoms with van der Waals surface area (Å²) in [6.07, 6.45) is 0. The monoisotopic (exact) mass is 572 g/mol. The Morgan fingerprint density at radius 2 is 1.22 bits per heavy atom. The van der Waals surface area contributed by atoms with Crippen molar-refractivity contribution in [3.63, 3.8) is 0 Å². The fraction of sp³-hybridized carbons (Fsp3) is 0.0909. The van der Waals surface area contributed by atoms with Gasteiger partial charge in [-0.25, -0.2) is 0 Å². The Balaban J connectivity index is 1.67. The van der Waals surface area contributed by atoms with Crippen LogP contribution in [0.4, 0.5) is 0 Å². The summed E-state index contributed by atoms with van der Waals surface area (Å²) in [4.78, 5) is 0. The van der Waals surface area contributed by atoms with Gasteiger partial charge in [0.1, 0.15) is 0 Å². The van der Waals surface area contributed by atoms with Crippen LogP contribution in [0.15, 0.2) is 91.0 Å². The third-order valence-electron chi connectivity index (χ3n) is 8.76. The van der Waals surface area contributed by atoms with E-state index in [4.69, 9.17) is 0 Å². The molecule has 1 aliphatic rings. The topological polar surface area (TPSA) is 9.34 Å². The number of nitrogens with zero attached hydrogens (tertiary/aromatic N) is 2. The zero-order valence-electron chi connectivity index (χ0n) is 19.9. The molecule has 8 aromatic rings. The van der Waals surface area contributed by atoms with Crippen LogP contribution in [0.3, 0.4) is 0 Å². The second kappa shape index (κ2) is 6.22. The van der Waals surface area contributed by atoms with Crippen molar-refractivity contribution in [3.05, 3.63) is 102 Å². The summed E-state index contributed by atoms with van der Waals surface area (Å²) in [5.74, 6) is 0. The first kappa shape index (κ1) is 19.6. The first-order valence-corrected chi connectivity index (χ1v) is 13.5. The fourth-order valence-corrected chi connectivity index (χ4v) is 8.08. The van der Waals surface area contributed by atoms with Gasteiger partial charge in [-0.15, -0.1) is 0 Å². The Hall–Kier alpha value is -3.57. The number of fused-ring (bicyclic) bond motifs is 9. The number of para-hydroxylation sites is 1. The van der Waals surface area contributed by atoms with E-state index < -0.39 is 0 Å². The van der Waals surface area contributed by atoms with Crippen molar-refractivity contribution in [2.75, 3.05) is 0 Å². The van der Waals surface area contributed by atoms with Gasteiger partial charge in [-0.3, -0.25) is 2.78 Å². The first-order valence-electron chi connectivity index (χ1n) is 12.5. The first-order chi connectivity index (χ1) is 17.6. The molecule has 0 amide bonds. The highest BCUT2D eigenvalue weighted by atomic mass is 127. The maximum absolute atomic E-state index is 2.55. The van der Waals surface area contributed by atoms with E-state index in [0.29, 0.717) is 0 Å². The van der Waals surface area contributed by atoms with Gasteiger partial charge in [-0.2, -0.15) is 0 Å². The number of halogens is 1. The van der Waals surface area contributed by atoms with Crippen LogP contribution in [-0.4, -0.2) is 7.18 Å². The zero-order chi connectivity index (χ0) is 23.9. The molecular formula is C33H21IN2. The Bertz CT molecular complexity index is 2240. The average Bonchev–Trinajstić information content (AvgIpc) is 3.44. The van der Waals surface area contributed by atoms with Crippen LogP contribution in [0.5, 0.6) is 0 Å². The van der Waals surface area contributed by atoms with Crippen LogP contribution >= 0.6 is 22.9 Å². The highest BCUT2D eigenvalue weighted by molar-refractivity contribution is 14.1. The molecule has 0 atom stereocenters. The fourth-order valence-electron chi connectivity index (χ4n) is 7.27. The summed E-state index contributed by atoms with van der Waals surface area (Å²) < 4.78 is 4.87. The molecule has 3 aromatic heterocycles. The second-order valence-corrected chi connectivity index (χ2v) is 11.7. The van der Waals surface area contributed by atoms with Crippen LogP contribution in [0, 0.1) is 0 Å². The van der Waals surface area contributed by atoms with E-state index in [-0.39, 0.29) is 5.41 Å².